The molecule has 0 saturated carbocycles. The highest BCUT2D eigenvalue weighted by atomic mass is 16.5. The van der Waals surface area contributed by atoms with Crippen molar-refractivity contribution in [1.29, 1.82) is 0 Å². The van der Waals surface area contributed by atoms with Crippen LogP contribution < -0.4 is 26.6 Å². The van der Waals surface area contributed by atoms with Gasteiger partial charge in [0.05, 0.1) is 39.6 Å². The van der Waals surface area contributed by atoms with E-state index in [0.29, 0.717) is 25.9 Å². The van der Waals surface area contributed by atoms with Gasteiger partial charge >= 0.3 is 11.9 Å². The lowest BCUT2D eigenvalue weighted by molar-refractivity contribution is -0.142. The Morgan fingerprint density at radius 1 is 0.410 bits per heavy atom. The average Bonchev–Trinajstić information content (AvgIpc) is 3.21. The van der Waals surface area contributed by atoms with Crippen LogP contribution >= 0.6 is 0 Å². The van der Waals surface area contributed by atoms with E-state index in [1.807, 2.05) is 0 Å². The van der Waals surface area contributed by atoms with Gasteiger partial charge in [0.25, 0.3) is 0 Å². The maximum atomic E-state index is 12.3. The number of aliphatic carboxylic acids is 2. The average molecular weight is 874 g/mol. The predicted octanol–water partition coefficient (Wildman–Crippen LogP) is 3.77. The van der Waals surface area contributed by atoms with Crippen LogP contribution in [0.5, 0.6) is 0 Å². The first kappa shape index (κ1) is 57.1. The van der Waals surface area contributed by atoms with Gasteiger partial charge in [-0.25, -0.2) is 4.79 Å². The Labute approximate surface area is 363 Å². The summed E-state index contributed by atoms with van der Waals surface area (Å²) >= 11 is 0. The fourth-order valence-corrected chi connectivity index (χ4v) is 6.12. The summed E-state index contributed by atoms with van der Waals surface area (Å²) in [6.45, 7) is 3.54. The van der Waals surface area contributed by atoms with Gasteiger partial charge in [-0.3, -0.25) is 28.8 Å². The Morgan fingerprint density at radius 3 is 1.21 bits per heavy atom. The molecule has 18 heteroatoms. The molecule has 7 N–H and O–H groups in total. The largest absolute Gasteiger partial charge is 0.481 e. The molecule has 0 heterocycles. The molecule has 0 aromatic heterocycles. The number of hydrogen-bond acceptors (Lipinski definition) is 11. The van der Waals surface area contributed by atoms with Crippen molar-refractivity contribution in [2.45, 2.75) is 154 Å². The zero-order chi connectivity index (χ0) is 45.0. The number of carboxylic acids is 2. The van der Waals surface area contributed by atoms with Crippen molar-refractivity contribution in [1.82, 2.24) is 26.6 Å². The Balaban J connectivity index is 3.62. The van der Waals surface area contributed by atoms with Gasteiger partial charge in [0.2, 0.25) is 29.5 Å². The van der Waals surface area contributed by atoms with Gasteiger partial charge in [-0.1, -0.05) is 103 Å². The molecular formula is C43H79N5O13. The fourth-order valence-electron chi connectivity index (χ4n) is 6.12. The van der Waals surface area contributed by atoms with Crippen LogP contribution in [0.15, 0.2) is 0 Å². The van der Waals surface area contributed by atoms with Crippen molar-refractivity contribution in [3.8, 4) is 0 Å². The number of unbranched alkanes of at least 4 members (excludes halogenated alkanes) is 17. The highest BCUT2D eigenvalue weighted by molar-refractivity contribution is 5.84. The van der Waals surface area contributed by atoms with Crippen LogP contribution in [0.25, 0.3) is 0 Å². The van der Waals surface area contributed by atoms with Crippen LogP contribution in [-0.4, -0.2) is 137 Å². The number of hydrogen-bond donors (Lipinski definition) is 7. The molecule has 0 spiro atoms. The third-order valence-corrected chi connectivity index (χ3v) is 9.51. The molecule has 0 bridgehead atoms. The fraction of sp³-hybridized carbons (Fsp3) is 0.837. The van der Waals surface area contributed by atoms with Gasteiger partial charge in [-0.15, -0.1) is 0 Å². The van der Waals surface area contributed by atoms with Gasteiger partial charge < -0.3 is 55.7 Å². The van der Waals surface area contributed by atoms with E-state index in [4.69, 9.17) is 24.1 Å². The van der Waals surface area contributed by atoms with E-state index < -0.39 is 18.0 Å². The van der Waals surface area contributed by atoms with E-state index in [1.165, 1.54) is 77.6 Å². The molecule has 1 unspecified atom stereocenters. The smallest absolute Gasteiger partial charge is 0.326 e. The second-order valence-corrected chi connectivity index (χ2v) is 15.1. The predicted molar refractivity (Wildman–Crippen MR) is 230 cm³/mol. The molecule has 1 atom stereocenters. The molecule has 0 saturated heterocycles. The first-order valence-corrected chi connectivity index (χ1v) is 22.6. The molecule has 5 amide bonds. The van der Waals surface area contributed by atoms with Crippen molar-refractivity contribution in [2.75, 3.05) is 79.0 Å². The van der Waals surface area contributed by atoms with Crippen molar-refractivity contribution in [2.24, 2.45) is 0 Å². The summed E-state index contributed by atoms with van der Waals surface area (Å²) in [6, 6.07) is -1.13. The Kier molecular flexibility index (Phi) is 40.1. The normalized spacial score (nSPS) is 11.4. The SMILES string of the molecule is CC(=O)NCCNC(=O)COCCOCCNC(=O)COCCOCCNC(=O)CCC(NC(=O)CCCCCCCCCCCCCCCCCCCCC(=O)O)C(=O)O. The molecule has 0 fully saturated rings. The molecule has 61 heavy (non-hydrogen) atoms. The molecular weight excluding hydrogens is 794 g/mol. The van der Waals surface area contributed by atoms with Crippen molar-refractivity contribution in [3.63, 3.8) is 0 Å². The van der Waals surface area contributed by atoms with Crippen molar-refractivity contribution in [3.05, 3.63) is 0 Å². The Bertz CT molecular complexity index is 1180. The topological polar surface area (TPSA) is 257 Å². The van der Waals surface area contributed by atoms with E-state index >= 15 is 0 Å². The van der Waals surface area contributed by atoms with Crippen LogP contribution in [0, 0.1) is 0 Å². The van der Waals surface area contributed by atoms with Crippen LogP contribution in [0.1, 0.15) is 148 Å². The standard InChI is InChI=1S/C43H79N5O13/c1-36(49)44-24-25-45-40(52)34-60-32-31-59-29-27-47-41(53)35-61-33-30-58-28-26-46-38(50)23-22-37(43(56)57)48-39(51)20-18-16-14-12-10-8-6-4-2-3-5-7-9-11-13-15-17-19-21-42(54)55/h37H,2-35H2,1H3,(H,44,49)(H,45,52)(H,46,50)(H,47,53)(H,48,51)(H,54,55)(H,56,57). The Morgan fingerprint density at radius 2 is 0.787 bits per heavy atom. The number of carbonyl (C=O) groups is 7. The second kappa shape index (κ2) is 42.8. The molecule has 0 radical (unpaired) electrons. The highest BCUT2D eigenvalue weighted by Crippen LogP contribution is 2.15. The lowest BCUT2D eigenvalue weighted by atomic mass is 10.0. The third kappa shape index (κ3) is 44.0. The second-order valence-electron chi connectivity index (χ2n) is 15.1. The molecule has 0 rings (SSSR count). The lowest BCUT2D eigenvalue weighted by Crippen LogP contribution is -2.41. The number of ether oxygens (including phenoxy) is 4. The number of nitrogens with one attached hydrogen (secondary N) is 5. The number of carboxylic acid groups (broad SMARTS) is 2. The summed E-state index contributed by atoms with van der Waals surface area (Å²) in [7, 11) is 0. The molecule has 354 valence electrons. The minimum absolute atomic E-state index is 0.0209. The zero-order valence-corrected chi connectivity index (χ0v) is 37.0. The maximum Gasteiger partial charge on any atom is 0.326 e. The summed E-state index contributed by atoms with van der Waals surface area (Å²) in [5, 5.41) is 31.2. The van der Waals surface area contributed by atoms with Gasteiger partial charge in [0.15, 0.2) is 0 Å². The van der Waals surface area contributed by atoms with Crippen LogP contribution in [-0.2, 0) is 52.5 Å². The summed E-state index contributed by atoms with van der Waals surface area (Å²) < 4.78 is 21.2. The minimum atomic E-state index is -1.18. The first-order valence-electron chi connectivity index (χ1n) is 22.6. The van der Waals surface area contributed by atoms with Crippen molar-refractivity contribution >= 4 is 41.5 Å². The summed E-state index contributed by atoms with van der Waals surface area (Å²) in [5.41, 5.74) is 0. The molecule has 18 nitrogen and oxygen atoms in total. The molecule has 0 aromatic rings. The third-order valence-electron chi connectivity index (χ3n) is 9.51. The van der Waals surface area contributed by atoms with Crippen LogP contribution in [0.3, 0.4) is 0 Å². The van der Waals surface area contributed by atoms with Gasteiger partial charge in [0, 0.05) is 52.4 Å². The van der Waals surface area contributed by atoms with Crippen LogP contribution in [0.4, 0.5) is 0 Å². The molecule has 0 aliphatic carbocycles. The molecule has 0 aromatic carbocycles. The molecule has 0 aliphatic heterocycles. The van der Waals surface area contributed by atoms with Crippen molar-refractivity contribution < 1.29 is 62.7 Å². The van der Waals surface area contributed by atoms with Gasteiger partial charge in [-0.05, 0) is 19.3 Å². The lowest BCUT2D eigenvalue weighted by Gasteiger charge is -2.14. The van der Waals surface area contributed by atoms with Gasteiger partial charge in [0.1, 0.15) is 19.3 Å². The van der Waals surface area contributed by atoms with E-state index in [0.717, 1.165) is 38.5 Å². The number of amides is 5. The van der Waals surface area contributed by atoms with Gasteiger partial charge in [-0.2, -0.15) is 0 Å². The van der Waals surface area contributed by atoms with Crippen LogP contribution in [0.2, 0.25) is 0 Å². The monoisotopic (exact) mass is 874 g/mol. The quantitative estimate of drug-likeness (QED) is 0.0431. The number of carbonyl (C=O) groups excluding carboxylic acids is 5. The minimum Gasteiger partial charge on any atom is -0.481 e. The van der Waals surface area contributed by atoms with E-state index in [2.05, 4.69) is 26.6 Å². The zero-order valence-electron chi connectivity index (χ0n) is 37.0. The Hall–Kier alpha value is -3.87. The summed E-state index contributed by atoms with van der Waals surface area (Å²) in [4.78, 5) is 80.9. The highest BCUT2D eigenvalue weighted by Gasteiger charge is 2.20. The van der Waals surface area contributed by atoms with E-state index in [1.54, 1.807) is 0 Å². The first-order chi connectivity index (χ1) is 29.5. The maximum absolute atomic E-state index is 12.3. The van der Waals surface area contributed by atoms with E-state index in [-0.39, 0.29) is 115 Å². The number of rotatable bonds is 45. The van der Waals surface area contributed by atoms with E-state index in [9.17, 15) is 38.7 Å². The summed E-state index contributed by atoms with van der Waals surface area (Å²) in [5.74, 6) is -3.33. The summed E-state index contributed by atoms with van der Waals surface area (Å²) in [6.07, 6.45) is 21.1. The molecule has 0 aliphatic rings.